The number of hydrogen-bond acceptors (Lipinski definition) is 8. The number of rotatable bonds is 17. The van der Waals surface area contributed by atoms with Crippen LogP contribution in [0.25, 0.3) is 0 Å². The van der Waals surface area contributed by atoms with Crippen molar-refractivity contribution in [2.45, 2.75) is 89.7 Å². The fourth-order valence-electron chi connectivity index (χ4n) is 5.90. The molecule has 1 saturated heterocycles. The van der Waals surface area contributed by atoms with Crippen molar-refractivity contribution in [1.29, 1.82) is 0 Å². The Balaban J connectivity index is 1.52. The minimum Gasteiger partial charge on any atom is -0.449 e. The molecule has 0 bridgehead atoms. The molecule has 52 heavy (non-hydrogen) atoms. The van der Waals surface area contributed by atoms with Crippen molar-refractivity contribution in [3.63, 3.8) is 0 Å². The van der Waals surface area contributed by atoms with E-state index in [1.54, 1.807) is 0 Å². The average molecular weight is 726 g/mol. The lowest BCUT2D eigenvalue weighted by atomic mass is 9.96. The van der Waals surface area contributed by atoms with Crippen LogP contribution in [0.3, 0.4) is 0 Å². The summed E-state index contributed by atoms with van der Waals surface area (Å²) >= 11 is 0. The van der Waals surface area contributed by atoms with Gasteiger partial charge in [0.15, 0.2) is 6.23 Å². The zero-order valence-electron chi connectivity index (χ0n) is 30.6. The first-order valence-electron chi connectivity index (χ1n) is 17.9. The van der Waals surface area contributed by atoms with Gasteiger partial charge in [-0.2, -0.15) is 0 Å². The number of hydrogen-bond donors (Lipinski definition) is 0. The Morgan fingerprint density at radius 3 is 1.48 bits per heavy atom. The highest BCUT2D eigenvalue weighted by Gasteiger charge is 2.52. The van der Waals surface area contributed by atoms with Gasteiger partial charge in [0.25, 0.3) is 0 Å². The summed E-state index contributed by atoms with van der Waals surface area (Å²) in [5, 5.41) is 0. The molecule has 1 fully saturated rings. The molecule has 276 valence electrons. The fourth-order valence-corrected chi connectivity index (χ4v) is 6.61. The zero-order valence-corrected chi connectivity index (χ0v) is 31.6. The molecule has 4 aromatic rings. The second-order valence-electron chi connectivity index (χ2n) is 14.2. The molecule has 0 aromatic heterocycles. The van der Waals surface area contributed by atoms with E-state index in [4.69, 9.17) is 28.4 Å². The summed E-state index contributed by atoms with van der Waals surface area (Å²) < 4.78 is 38.9. The van der Waals surface area contributed by atoms with Gasteiger partial charge in [-0.25, -0.2) is 9.69 Å². The van der Waals surface area contributed by atoms with Gasteiger partial charge < -0.3 is 28.4 Å². The predicted molar refractivity (Wildman–Crippen MR) is 202 cm³/mol. The second kappa shape index (κ2) is 19.6. The van der Waals surface area contributed by atoms with Gasteiger partial charge in [-0.3, -0.25) is 4.79 Å². The summed E-state index contributed by atoms with van der Waals surface area (Å²) in [6.45, 7) is 9.22. The summed E-state index contributed by atoms with van der Waals surface area (Å²) in [5.74, 6) is -0.536. The first-order valence-corrected chi connectivity index (χ1v) is 21.6. The number of ether oxygens (including phenoxy) is 6. The van der Waals surface area contributed by atoms with Gasteiger partial charge in [0, 0.05) is 15.0 Å². The van der Waals surface area contributed by atoms with Crippen LogP contribution >= 0.6 is 0 Å². The molecule has 4 aromatic carbocycles. The molecule has 5 atom stereocenters. The van der Waals surface area contributed by atoms with Crippen molar-refractivity contribution in [3.8, 4) is 0 Å². The van der Waals surface area contributed by atoms with Gasteiger partial charge in [0.2, 0.25) is 5.91 Å². The topological polar surface area (TPSA) is 92.8 Å². The lowest BCUT2D eigenvalue weighted by Crippen LogP contribution is -2.66. The normalized spacial score (nSPS) is 20.3. The molecular formula is C42H51NO8Si. The molecular weight excluding hydrogens is 675 g/mol. The van der Waals surface area contributed by atoms with Crippen LogP contribution in [-0.4, -0.2) is 68.8 Å². The van der Waals surface area contributed by atoms with Gasteiger partial charge in [0.1, 0.15) is 24.4 Å². The van der Waals surface area contributed by atoms with Crippen LogP contribution in [0.15, 0.2) is 121 Å². The Morgan fingerprint density at radius 2 is 1.04 bits per heavy atom. The maximum atomic E-state index is 13.8. The highest BCUT2D eigenvalue weighted by molar-refractivity contribution is 6.76. The van der Waals surface area contributed by atoms with Crippen LogP contribution in [0.5, 0.6) is 0 Å². The number of benzene rings is 4. The van der Waals surface area contributed by atoms with Crippen molar-refractivity contribution in [2.24, 2.45) is 0 Å². The van der Waals surface area contributed by atoms with E-state index in [0.29, 0.717) is 6.61 Å². The van der Waals surface area contributed by atoms with E-state index >= 15 is 0 Å². The smallest absolute Gasteiger partial charge is 0.418 e. The predicted octanol–water partition coefficient (Wildman–Crippen LogP) is 8.01. The van der Waals surface area contributed by atoms with Crippen molar-refractivity contribution >= 4 is 20.1 Å². The molecule has 1 aliphatic heterocycles. The molecule has 0 N–H and O–H groups in total. The zero-order chi connectivity index (χ0) is 36.8. The highest BCUT2D eigenvalue weighted by atomic mass is 28.3. The third kappa shape index (κ3) is 11.9. The summed E-state index contributed by atoms with van der Waals surface area (Å²) in [7, 11) is -1.53. The summed E-state index contributed by atoms with van der Waals surface area (Å²) in [6, 6.07) is 40.0. The summed E-state index contributed by atoms with van der Waals surface area (Å²) in [5.41, 5.74) is 3.81. The van der Waals surface area contributed by atoms with Gasteiger partial charge in [0.05, 0.1) is 39.6 Å². The monoisotopic (exact) mass is 725 g/mol. The first kappa shape index (κ1) is 39.1. The number of imide groups is 1. The van der Waals surface area contributed by atoms with E-state index in [2.05, 4.69) is 19.6 Å². The highest BCUT2D eigenvalue weighted by Crippen LogP contribution is 2.33. The SMILES string of the molecule is CC(=O)N(C(=O)OCC[Si](C)(C)C)[C@@H]1O[C@H](COCc2ccccc2)[C@@H](OCc2ccccc2)[C@H](OCc2ccccc2)[C@H]1OCc1ccccc1. The molecule has 0 saturated carbocycles. The lowest BCUT2D eigenvalue weighted by Gasteiger charge is -2.48. The molecule has 0 radical (unpaired) electrons. The lowest BCUT2D eigenvalue weighted by molar-refractivity contribution is -0.292. The van der Waals surface area contributed by atoms with E-state index < -0.39 is 50.7 Å². The van der Waals surface area contributed by atoms with Crippen LogP contribution in [0, 0.1) is 0 Å². The third-order valence-electron chi connectivity index (χ3n) is 8.73. The Kier molecular flexibility index (Phi) is 14.7. The van der Waals surface area contributed by atoms with Crippen molar-refractivity contribution in [2.75, 3.05) is 13.2 Å². The van der Waals surface area contributed by atoms with Crippen LogP contribution in [0.1, 0.15) is 29.2 Å². The molecule has 0 aliphatic carbocycles. The van der Waals surface area contributed by atoms with Crippen molar-refractivity contribution < 1.29 is 38.0 Å². The van der Waals surface area contributed by atoms with Gasteiger partial charge in [-0.05, 0) is 28.3 Å². The number of carbonyl (C=O) groups excluding carboxylic acids is 2. The number of nitrogens with zero attached hydrogens (tertiary/aromatic N) is 1. The van der Waals surface area contributed by atoms with Crippen molar-refractivity contribution in [3.05, 3.63) is 144 Å². The van der Waals surface area contributed by atoms with Gasteiger partial charge >= 0.3 is 6.09 Å². The summed E-state index contributed by atoms with van der Waals surface area (Å²) in [6.07, 6.45) is -5.22. The minimum atomic E-state index is -1.53. The van der Waals surface area contributed by atoms with E-state index in [0.717, 1.165) is 33.2 Å². The van der Waals surface area contributed by atoms with Crippen LogP contribution < -0.4 is 0 Å². The molecule has 5 rings (SSSR count). The first-order chi connectivity index (χ1) is 25.2. The molecule has 2 amide bonds. The quantitative estimate of drug-likeness (QED) is 0.101. The molecule has 10 heteroatoms. The average Bonchev–Trinajstić information content (AvgIpc) is 3.14. The van der Waals surface area contributed by atoms with Gasteiger partial charge in [-0.1, -0.05) is 141 Å². The maximum absolute atomic E-state index is 13.8. The van der Waals surface area contributed by atoms with Crippen LogP contribution in [-0.2, 0) is 59.6 Å². The number of carbonyl (C=O) groups is 2. The molecule has 1 heterocycles. The largest absolute Gasteiger partial charge is 0.449 e. The molecule has 9 nitrogen and oxygen atoms in total. The second-order valence-corrected chi connectivity index (χ2v) is 19.8. The Bertz CT molecular complexity index is 1640. The minimum absolute atomic E-state index is 0.0951. The van der Waals surface area contributed by atoms with E-state index in [1.807, 2.05) is 121 Å². The maximum Gasteiger partial charge on any atom is 0.418 e. The van der Waals surface area contributed by atoms with Crippen LogP contribution in [0.2, 0.25) is 25.7 Å². The van der Waals surface area contributed by atoms with E-state index in [-0.39, 0.29) is 33.0 Å². The molecule has 0 spiro atoms. The van der Waals surface area contributed by atoms with Gasteiger partial charge in [-0.15, -0.1) is 0 Å². The Morgan fingerprint density at radius 1 is 0.615 bits per heavy atom. The number of amides is 2. The fraction of sp³-hybridized carbons (Fsp3) is 0.381. The van der Waals surface area contributed by atoms with E-state index in [1.165, 1.54) is 6.92 Å². The van der Waals surface area contributed by atoms with Crippen LogP contribution in [0.4, 0.5) is 4.79 Å². The van der Waals surface area contributed by atoms with Crippen molar-refractivity contribution in [1.82, 2.24) is 4.90 Å². The molecule has 0 unspecified atom stereocenters. The Labute approximate surface area is 308 Å². The standard InChI is InChI=1S/C42H51NO8Si/c1-32(44)43(42(45)47-25-26-52(2,3)4)41-40(50-30-36-23-15-8-16-24-36)39(49-29-35-21-13-7-14-22-35)38(48-28-34-19-11-6-12-20-34)37(51-41)31-46-27-33-17-9-5-10-18-33/h5-24,37-41H,25-31H2,1-4H3/t37-,38-,39+,40-,41-/m1/s1. The third-order valence-corrected chi connectivity index (χ3v) is 10.4. The van der Waals surface area contributed by atoms with E-state index in [9.17, 15) is 9.59 Å². The molecule has 1 aliphatic rings. The Hall–Kier alpha value is -4.16. The summed E-state index contributed by atoms with van der Waals surface area (Å²) in [4.78, 5) is 28.3.